The predicted molar refractivity (Wildman–Crippen MR) is 125 cm³/mol. The molecule has 0 unspecified atom stereocenters. The van der Waals surface area contributed by atoms with E-state index in [1.54, 1.807) is 36.4 Å². The van der Waals surface area contributed by atoms with Gasteiger partial charge in [0, 0.05) is 26.7 Å². The third kappa shape index (κ3) is 6.74. The van der Waals surface area contributed by atoms with Crippen molar-refractivity contribution in [2.24, 2.45) is 5.10 Å². The van der Waals surface area contributed by atoms with Crippen LogP contribution in [0.5, 0.6) is 11.5 Å². The molecule has 5 nitrogen and oxygen atoms in total. The van der Waals surface area contributed by atoms with Gasteiger partial charge in [0.2, 0.25) is 0 Å². The lowest BCUT2D eigenvalue weighted by molar-refractivity contribution is 0.0955. The largest absolute Gasteiger partial charge is 0.494 e. The maximum atomic E-state index is 12.3. The van der Waals surface area contributed by atoms with Crippen LogP contribution < -0.4 is 14.9 Å². The summed E-state index contributed by atoms with van der Waals surface area (Å²) in [5.41, 5.74) is 4.55. The maximum Gasteiger partial charge on any atom is 0.271 e. The van der Waals surface area contributed by atoms with Crippen LogP contribution >= 0.6 is 23.2 Å². The van der Waals surface area contributed by atoms with Gasteiger partial charge in [-0.15, -0.1) is 0 Å². The first-order chi connectivity index (χ1) is 15.1. The fraction of sp³-hybridized carbons (Fsp3) is 0.167. The number of nitrogens with zero attached hydrogens (tertiary/aromatic N) is 1. The monoisotopic (exact) mass is 456 g/mol. The van der Waals surface area contributed by atoms with Gasteiger partial charge in [-0.1, -0.05) is 48.3 Å². The van der Waals surface area contributed by atoms with Gasteiger partial charge in [0.15, 0.2) is 0 Å². The van der Waals surface area contributed by atoms with Gasteiger partial charge >= 0.3 is 0 Å². The number of hydrogen-bond acceptors (Lipinski definition) is 4. The highest BCUT2D eigenvalue weighted by Gasteiger charge is 2.07. The summed E-state index contributed by atoms with van der Waals surface area (Å²) in [6, 6.07) is 19.6. The third-order valence-electron chi connectivity index (χ3n) is 4.28. The quantitative estimate of drug-likeness (QED) is 0.311. The summed E-state index contributed by atoms with van der Waals surface area (Å²) in [7, 11) is 0. The summed E-state index contributed by atoms with van der Waals surface area (Å²) < 4.78 is 11.4. The molecule has 7 heteroatoms. The van der Waals surface area contributed by atoms with E-state index in [2.05, 4.69) is 10.5 Å². The van der Waals surface area contributed by atoms with E-state index >= 15 is 0 Å². The zero-order chi connectivity index (χ0) is 22.1. The molecule has 3 rings (SSSR count). The molecule has 0 spiro atoms. The van der Waals surface area contributed by atoms with E-state index in [0.717, 1.165) is 23.3 Å². The summed E-state index contributed by atoms with van der Waals surface area (Å²) in [5, 5.41) is 5.16. The van der Waals surface area contributed by atoms with Crippen molar-refractivity contribution < 1.29 is 14.3 Å². The molecule has 160 valence electrons. The van der Waals surface area contributed by atoms with Crippen LogP contribution in [0.15, 0.2) is 71.8 Å². The molecule has 0 aliphatic carbocycles. The summed E-state index contributed by atoms with van der Waals surface area (Å²) >= 11 is 12.1. The van der Waals surface area contributed by atoms with E-state index in [9.17, 15) is 4.79 Å². The van der Waals surface area contributed by atoms with Gasteiger partial charge in [0.1, 0.15) is 18.1 Å². The summed E-state index contributed by atoms with van der Waals surface area (Å²) in [4.78, 5) is 12.3. The van der Waals surface area contributed by atoms with E-state index in [4.69, 9.17) is 32.7 Å². The number of benzene rings is 3. The minimum atomic E-state index is -0.315. The predicted octanol–water partition coefficient (Wildman–Crippen LogP) is 6.13. The van der Waals surface area contributed by atoms with Crippen molar-refractivity contribution in [3.63, 3.8) is 0 Å². The van der Waals surface area contributed by atoms with Crippen LogP contribution in [0.1, 0.15) is 34.8 Å². The summed E-state index contributed by atoms with van der Waals surface area (Å²) in [6.45, 7) is 2.96. The van der Waals surface area contributed by atoms with Crippen LogP contribution in [-0.2, 0) is 6.61 Å². The molecule has 0 bridgehead atoms. The molecule has 0 heterocycles. The van der Waals surface area contributed by atoms with Crippen molar-refractivity contribution in [3.8, 4) is 11.5 Å². The molecule has 3 aromatic carbocycles. The second kappa shape index (κ2) is 11.4. The Hall–Kier alpha value is -3.02. The van der Waals surface area contributed by atoms with E-state index in [0.29, 0.717) is 28.0 Å². The standard InChI is InChI=1S/C24H22Cl2N2O3/c1-2-13-30-21-11-8-17(9-12-21)24(29)28-27-15-18-5-3-4-6-23(18)31-16-19-7-10-20(25)14-22(19)26/h3-12,14-15H,2,13,16H2,1H3,(H,28,29)/b27-15-. The summed E-state index contributed by atoms with van der Waals surface area (Å²) in [6.07, 6.45) is 2.46. The second-order valence-corrected chi connectivity index (χ2v) is 7.48. The Morgan fingerprint density at radius 1 is 1.03 bits per heavy atom. The highest BCUT2D eigenvalue weighted by Crippen LogP contribution is 2.24. The highest BCUT2D eigenvalue weighted by molar-refractivity contribution is 6.35. The Kier molecular flexibility index (Phi) is 8.33. The average Bonchev–Trinajstić information content (AvgIpc) is 2.78. The minimum Gasteiger partial charge on any atom is -0.494 e. The lowest BCUT2D eigenvalue weighted by Crippen LogP contribution is -2.17. The smallest absolute Gasteiger partial charge is 0.271 e. The number of amides is 1. The van der Waals surface area contributed by atoms with Gasteiger partial charge in [-0.3, -0.25) is 4.79 Å². The lowest BCUT2D eigenvalue weighted by Gasteiger charge is -2.10. The van der Waals surface area contributed by atoms with Gasteiger partial charge in [-0.05, 0) is 55.0 Å². The Bertz CT molecular complexity index is 1050. The molecular formula is C24H22Cl2N2O3. The Labute approximate surface area is 191 Å². The second-order valence-electron chi connectivity index (χ2n) is 6.63. The van der Waals surface area contributed by atoms with E-state index in [-0.39, 0.29) is 12.5 Å². The number of nitrogens with one attached hydrogen (secondary N) is 1. The number of hydrogen-bond donors (Lipinski definition) is 1. The molecule has 0 saturated heterocycles. The van der Waals surface area contributed by atoms with Crippen molar-refractivity contribution in [2.45, 2.75) is 20.0 Å². The van der Waals surface area contributed by atoms with Crippen molar-refractivity contribution in [1.29, 1.82) is 0 Å². The van der Waals surface area contributed by atoms with Crippen LogP contribution in [-0.4, -0.2) is 18.7 Å². The van der Waals surface area contributed by atoms with Crippen molar-refractivity contribution in [2.75, 3.05) is 6.61 Å². The number of hydrazone groups is 1. The fourth-order valence-corrected chi connectivity index (χ4v) is 3.12. The molecule has 0 aliphatic heterocycles. The number of ether oxygens (including phenoxy) is 2. The zero-order valence-corrected chi connectivity index (χ0v) is 18.5. The first kappa shape index (κ1) is 22.7. The number of para-hydroxylation sites is 1. The number of rotatable bonds is 9. The van der Waals surface area contributed by atoms with E-state index in [1.165, 1.54) is 6.21 Å². The van der Waals surface area contributed by atoms with Crippen LogP contribution in [0.4, 0.5) is 0 Å². The highest BCUT2D eigenvalue weighted by atomic mass is 35.5. The first-order valence-electron chi connectivity index (χ1n) is 9.79. The molecule has 0 aromatic heterocycles. The molecule has 0 aliphatic rings. The number of carbonyl (C=O) groups excluding carboxylic acids is 1. The van der Waals surface area contributed by atoms with Gasteiger partial charge in [-0.2, -0.15) is 5.10 Å². The summed E-state index contributed by atoms with van der Waals surface area (Å²) in [5.74, 6) is 1.03. The van der Waals surface area contributed by atoms with Gasteiger partial charge < -0.3 is 9.47 Å². The molecule has 3 aromatic rings. The van der Waals surface area contributed by atoms with Crippen LogP contribution in [0.25, 0.3) is 0 Å². The molecular weight excluding hydrogens is 435 g/mol. The van der Waals surface area contributed by atoms with Crippen LogP contribution in [0.3, 0.4) is 0 Å². The van der Waals surface area contributed by atoms with Crippen LogP contribution in [0, 0.1) is 0 Å². The Morgan fingerprint density at radius 2 is 1.81 bits per heavy atom. The molecule has 0 atom stereocenters. The zero-order valence-electron chi connectivity index (χ0n) is 17.0. The van der Waals surface area contributed by atoms with Gasteiger partial charge in [-0.25, -0.2) is 5.43 Å². The Balaban J connectivity index is 1.60. The van der Waals surface area contributed by atoms with Crippen molar-refractivity contribution >= 4 is 35.3 Å². The third-order valence-corrected chi connectivity index (χ3v) is 4.86. The van der Waals surface area contributed by atoms with Gasteiger partial charge in [0.05, 0.1) is 12.8 Å². The first-order valence-corrected chi connectivity index (χ1v) is 10.5. The molecule has 31 heavy (non-hydrogen) atoms. The number of halogens is 2. The van der Waals surface area contributed by atoms with E-state index in [1.807, 2.05) is 37.3 Å². The SMILES string of the molecule is CCCOc1ccc(C(=O)N/N=C\c2ccccc2OCc2ccc(Cl)cc2Cl)cc1. The van der Waals surface area contributed by atoms with E-state index < -0.39 is 0 Å². The average molecular weight is 457 g/mol. The molecule has 0 radical (unpaired) electrons. The molecule has 1 amide bonds. The van der Waals surface area contributed by atoms with Gasteiger partial charge in [0.25, 0.3) is 5.91 Å². The minimum absolute atomic E-state index is 0.277. The normalized spacial score (nSPS) is 10.8. The van der Waals surface area contributed by atoms with Crippen molar-refractivity contribution in [1.82, 2.24) is 5.43 Å². The molecule has 0 saturated carbocycles. The Morgan fingerprint density at radius 3 is 2.55 bits per heavy atom. The molecule has 1 N–H and O–H groups in total. The topological polar surface area (TPSA) is 59.9 Å². The maximum absolute atomic E-state index is 12.3. The molecule has 0 fully saturated rings. The van der Waals surface area contributed by atoms with Crippen LogP contribution in [0.2, 0.25) is 10.0 Å². The fourth-order valence-electron chi connectivity index (χ4n) is 2.66. The number of carbonyl (C=O) groups is 1. The lowest BCUT2D eigenvalue weighted by atomic mass is 10.2. The van der Waals surface area contributed by atoms with Crippen molar-refractivity contribution in [3.05, 3.63) is 93.5 Å².